The summed E-state index contributed by atoms with van der Waals surface area (Å²) < 4.78 is 14.7. The lowest BCUT2D eigenvalue weighted by molar-refractivity contribution is 0.102. The molecule has 0 aliphatic heterocycles. The van der Waals surface area contributed by atoms with Gasteiger partial charge in [-0.1, -0.05) is 11.8 Å². The van der Waals surface area contributed by atoms with Crippen molar-refractivity contribution < 1.29 is 9.18 Å². The Kier molecular flexibility index (Phi) is 4.71. The van der Waals surface area contributed by atoms with E-state index in [1.54, 1.807) is 17.1 Å². The third-order valence-electron chi connectivity index (χ3n) is 3.36. The third-order valence-corrected chi connectivity index (χ3v) is 4.33. The highest BCUT2D eigenvalue weighted by Gasteiger charge is 2.14. The lowest BCUT2D eigenvalue weighted by atomic mass is 10.1. The quantitative estimate of drug-likeness (QED) is 0.525. The molecular weight excluding hydrogens is 327 g/mol. The van der Waals surface area contributed by atoms with Crippen LogP contribution in [0.25, 0.3) is 5.82 Å². The zero-order valence-electron chi connectivity index (χ0n) is 13.2. The van der Waals surface area contributed by atoms with Crippen molar-refractivity contribution in [2.45, 2.75) is 18.9 Å². The Labute approximate surface area is 143 Å². The standard InChI is InChI=1S/C17H15FN4OS/c1-11-9-12(2)22(21-11)16-17(20-8-7-19-16)24-10-15(23)13-3-5-14(18)6-4-13/h3-9H,10H2,1-2H3. The van der Waals surface area contributed by atoms with Crippen LogP contribution in [0.4, 0.5) is 4.39 Å². The van der Waals surface area contributed by atoms with Crippen LogP contribution in [0.3, 0.4) is 0 Å². The van der Waals surface area contributed by atoms with Gasteiger partial charge in [0.15, 0.2) is 11.6 Å². The summed E-state index contributed by atoms with van der Waals surface area (Å²) in [6, 6.07) is 7.48. The minimum absolute atomic E-state index is 0.0926. The van der Waals surface area contributed by atoms with Crippen LogP contribution < -0.4 is 0 Å². The van der Waals surface area contributed by atoms with Gasteiger partial charge in [-0.15, -0.1) is 0 Å². The van der Waals surface area contributed by atoms with Crippen LogP contribution in [0.1, 0.15) is 21.7 Å². The molecule has 0 saturated carbocycles. The number of Topliss-reactive ketones (excluding diaryl/α,β-unsaturated/α-hetero) is 1. The number of halogens is 1. The highest BCUT2D eigenvalue weighted by atomic mass is 32.2. The molecule has 0 aliphatic carbocycles. The van der Waals surface area contributed by atoms with Gasteiger partial charge in [-0.3, -0.25) is 4.79 Å². The van der Waals surface area contributed by atoms with Gasteiger partial charge < -0.3 is 0 Å². The molecule has 0 atom stereocenters. The van der Waals surface area contributed by atoms with Gasteiger partial charge in [0.1, 0.15) is 10.8 Å². The smallest absolute Gasteiger partial charge is 0.186 e. The van der Waals surface area contributed by atoms with E-state index >= 15 is 0 Å². The second-order valence-electron chi connectivity index (χ2n) is 5.24. The first-order valence-electron chi connectivity index (χ1n) is 7.31. The minimum Gasteiger partial charge on any atom is -0.293 e. The summed E-state index contributed by atoms with van der Waals surface area (Å²) in [5, 5.41) is 5.03. The average molecular weight is 342 g/mol. The van der Waals surface area contributed by atoms with Gasteiger partial charge in [-0.2, -0.15) is 5.10 Å². The molecular formula is C17H15FN4OS. The molecule has 0 aliphatic rings. The zero-order chi connectivity index (χ0) is 17.1. The van der Waals surface area contributed by atoms with E-state index in [2.05, 4.69) is 15.1 Å². The number of aryl methyl sites for hydroxylation is 2. The van der Waals surface area contributed by atoms with Crippen molar-refractivity contribution in [1.82, 2.24) is 19.7 Å². The second-order valence-corrected chi connectivity index (χ2v) is 6.21. The van der Waals surface area contributed by atoms with E-state index < -0.39 is 0 Å². The van der Waals surface area contributed by atoms with Crippen LogP contribution in [0, 0.1) is 19.7 Å². The van der Waals surface area contributed by atoms with Gasteiger partial charge >= 0.3 is 0 Å². The molecule has 0 fully saturated rings. The first-order valence-corrected chi connectivity index (χ1v) is 8.29. The molecule has 0 radical (unpaired) electrons. The van der Waals surface area contributed by atoms with E-state index in [1.807, 2.05) is 19.9 Å². The Morgan fingerprint density at radius 1 is 1.17 bits per heavy atom. The van der Waals surface area contributed by atoms with Crippen molar-refractivity contribution in [2.75, 3.05) is 5.75 Å². The highest BCUT2D eigenvalue weighted by Crippen LogP contribution is 2.23. The van der Waals surface area contributed by atoms with Crippen molar-refractivity contribution in [3.8, 4) is 5.82 Å². The molecule has 3 rings (SSSR count). The number of nitrogens with zero attached hydrogens (tertiary/aromatic N) is 4. The molecule has 0 spiro atoms. The van der Waals surface area contributed by atoms with Gasteiger partial charge in [0.05, 0.1) is 11.4 Å². The maximum Gasteiger partial charge on any atom is 0.186 e. The fourth-order valence-electron chi connectivity index (χ4n) is 2.26. The van der Waals surface area contributed by atoms with Crippen LogP contribution in [-0.2, 0) is 0 Å². The molecule has 1 aromatic carbocycles. The molecule has 24 heavy (non-hydrogen) atoms. The summed E-state index contributed by atoms with van der Waals surface area (Å²) in [4.78, 5) is 20.9. The number of aromatic nitrogens is 4. The number of ketones is 1. The van der Waals surface area contributed by atoms with Crippen LogP contribution >= 0.6 is 11.8 Å². The second kappa shape index (κ2) is 6.92. The fourth-order valence-corrected chi connectivity index (χ4v) is 3.10. The normalized spacial score (nSPS) is 10.8. The summed E-state index contributed by atoms with van der Waals surface area (Å²) in [7, 11) is 0. The number of thioether (sulfide) groups is 1. The Hall–Kier alpha value is -2.54. The zero-order valence-corrected chi connectivity index (χ0v) is 14.0. The van der Waals surface area contributed by atoms with Gasteiger partial charge in [-0.25, -0.2) is 19.0 Å². The van der Waals surface area contributed by atoms with Gasteiger partial charge in [0.25, 0.3) is 0 Å². The molecule has 122 valence electrons. The minimum atomic E-state index is -0.361. The van der Waals surface area contributed by atoms with Crippen molar-refractivity contribution >= 4 is 17.5 Å². The largest absolute Gasteiger partial charge is 0.293 e. The molecule has 3 aromatic rings. The molecule has 5 nitrogen and oxygen atoms in total. The van der Waals surface area contributed by atoms with E-state index in [0.29, 0.717) is 16.4 Å². The topological polar surface area (TPSA) is 60.7 Å². The molecule has 0 bridgehead atoms. The summed E-state index contributed by atoms with van der Waals surface area (Å²) in [5.41, 5.74) is 2.30. The number of carbonyl (C=O) groups is 1. The molecule has 0 amide bonds. The predicted octanol–water partition coefficient (Wildman–Crippen LogP) is 3.39. The highest BCUT2D eigenvalue weighted by molar-refractivity contribution is 8.00. The number of rotatable bonds is 5. The third kappa shape index (κ3) is 3.51. The monoisotopic (exact) mass is 342 g/mol. The Balaban J connectivity index is 1.80. The summed E-state index contributed by atoms with van der Waals surface area (Å²) in [5.74, 6) is 0.335. The number of hydrogen-bond acceptors (Lipinski definition) is 5. The van der Waals surface area contributed by atoms with Crippen molar-refractivity contribution in [1.29, 1.82) is 0 Å². The average Bonchev–Trinajstić information content (AvgIpc) is 2.92. The number of hydrogen-bond donors (Lipinski definition) is 0. The molecule has 7 heteroatoms. The van der Waals surface area contributed by atoms with Gasteiger partial charge in [0, 0.05) is 23.7 Å². The number of benzene rings is 1. The van der Waals surface area contributed by atoms with Crippen molar-refractivity contribution in [3.05, 3.63) is 65.5 Å². The molecule has 0 N–H and O–H groups in total. The first kappa shape index (κ1) is 16.3. The summed E-state index contributed by atoms with van der Waals surface area (Å²) in [6.07, 6.45) is 3.18. The van der Waals surface area contributed by atoms with Crippen LogP contribution in [0.5, 0.6) is 0 Å². The van der Waals surface area contributed by atoms with Crippen LogP contribution in [-0.4, -0.2) is 31.3 Å². The van der Waals surface area contributed by atoms with Crippen molar-refractivity contribution in [3.63, 3.8) is 0 Å². The van der Waals surface area contributed by atoms with Gasteiger partial charge in [-0.05, 0) is 44.2 Å². The Morgan fingerprint density at radius 2 is 1.88 bits per heavy atom. The van der Waals surface area contributed by atoms with Crippen molar-refractivity contribution in [2.24, 2.45) is 0 Å². The summed E-state index contributed by atoms with van der Waals surface area (Å²) in [6.45, 7) is 3.84. The first-order chi connectivity index (χ1) is 11.5. The Bertz CT molecular complexity index is 877. The Morgan fingerprint density at radius 3 is 2.54 bits per heavy atom. The fraction of sp³-hybridized carbons (Fsp3) is 0.176. The predicted molar refractivity (Wildman–Crippen MR) is 90.1 cm³/mol. The molecule has 0 saturated heterocycles. The maximum absolute atomic E-state index is 12.9. The lowest BCUT2D eigenvalue weighted by Gasteiger charge is -2.08. The lowest BCUT2D eigenvalue weighted by Crippen LogP contribution is -2.07. The molecule has 2 heterocycles. The maximum atomic E-state index is 12.9. The molecule has 2 aromatic heterocycles. The SMILES string of the molecule is Cc1cc(C)n(-c2nccnc2SCC(=O)c2ccc(F)cc2)n1. The summed E-state index contributed by atoms with van der Waals surface area (Å²) >= 11 is 1.29. The van der Waals surface area contributed by atoms with E-state index in [4.69, 9.17) is 0 Å². The van der Waals surface area contributed by atoms with E-state index in [0.717, 1.165) is 11.4 Å². The van der Waals surface area contributed by atoms with Crippen LogP contribution in [0.15, 0.2) is 47.8 Å². The van der Waals surface area contributed by atoms with E-state index in [-0.39, 0.29) is 17.4 Å². The number of carbonyl (C=O) groups excluding carboxylic acids is 1. The van der Waals surface area contributed by atoms with E-state index in [1.165, 1.54) is 36.0 Å². The van der Waals surface area contributed by atoms with E-state index in [9.17, 15) is 9.18 Å². The molecule has 0 unspecified atom stereocenters. The van der Waals surface area contributed by atoms with Gasteiger partial charge in [0.2, 0.25) is 0 Å². The van der Waals surface area contributed by atoms with Crippen LogP contribution in [0.2, 0.25) is 0 Å².